The van der Waals surface area contributed by atoms with Crippen molar-refractivity contribution in [1.29, 1.82) is 0 Å². The summed E-state index contributed by atoms with van der Waals surface area (Å²) in [4.78, 5) is 11.6. The van der Waals surface area contributed by atoms with Crippen LogP contribution in [-0.4, -0.2) is 12.6 Å². The number of hydrogen-bond donors (Lipinski definition) is 0. The highest BCUT2D eigenvalue weighted by atomic mass is 16.5. The zero-order valence-electron chi connectivity index (χ0n) is 12.2. The Hall–Kier alpha value is -0.790. The molecule has 0 aromatic carbocycles. The maximum atomic E-state index is 11.6. The summed E-state index contributed by atoms with van der Waals surface area (Å²) in [6.45, 7) is 8.32. The van der Waals surface area contributed by atoms with Gasteiger partial charge >= 0.3 is 5.97 Å². The van der Waals surface area contributed by atoms with Gasteiger partial charge in [-0.2, -0.15) is 0 Å². The first kappa shape index (κ1) is 17.2. The molecule has 0 aliphatic carbocycles. The van der Waals surface area contributed by atoms with E-state index in [1.165, 1.54) is 51.4 Å². The van der Waals surface area contributed by atoms with Crippen molar-refractivity contribution in [2.24, 2.45) is 5.92 Å². The van der Waals surface area contributed by atoms with Crippen LogP contribution in [0.3, 0.4) is 0 Å². The highest BCUT2D eigenvalue weighted by Crippen LogP contribution is 2.21. The molecule has 2 nitrogen and oxygen atoms in total. The Bertz CT molecular complexity index is 201. The van der Waals surface area contributed by atoms with Gasteiger partial charge in [-0.3, -0.25) is 4.79 Å². The van der Waals surface area contributed by atoms with Crippen LogP contribution in [-0.2, 0) is 9.53 Å². The Kier molecular flexibility index (Phi) is 12.1. The van der Waals surface area contributed by atoms with Crippen LogP contribution >= 0.6 is 0 Å². The topological polar surface area (TPSA) is 26.3 Å². The largest absolute Gasteiger partial charge is 0.461 e. The third-order valence-electron chi connectivity index (χ3n) is 3.25. The molecule has 0 aromatic heterocycles. The van der Waals surface area contributed by atoms with E-state index in [-0.39, 0.29) is 5.97 Å². The average Bonchev–Trinajstić information content (AvgIpc) is 2.36. The van der Waals surface area contributed by atoms with Crippen molar-refractivity contribution in [1.82, 2.24) is 0 Å². The van der Waals surface area contributed by atoms with E-state index in [2.05, 4.69) is 20.4 Å². The first-order valence-corrected chi connectivity index (χ1v) is 7.51. The molecule has 106 valence electrons. The van der Waals surface area contributed by atoms with Gasteiger partial charge < -0.3 is 4.74 Å². The predicted molar refractivity (Wildman–Crippen MR) is 77.5 cm³/mol. The third-order valence-corrected chi connectivity index (χ3v) is 3.25. The van der Waals surface area contributed by atoms with Gasteiger partial charge in [-0.05, 0) is 18.8 Å². The van der Waals surface area contributed by atoms with Crippen LogP contribution in [0.5, 0.6) is 0 Å². The lowest BCUT2D eigenvalue weighted by molar-refractivity contribution is -0.143. The summed E-state index contributed by atoms with van der Waals surface area (Å²) < 4.78 is 5.08. The molecule has 0 heterocycles. The Balaban J connectivity index is 3.93. The van der Waals surface area contributed by atoms with Crippen molar-refractivity contribution >= 4 is 5.97 Å². The zero-order valence-corrected chi connectivity index (χ0v) is 12.2. The van der Waals surface area contributed by atoms with Crippen LogP contribution < -0.4 is 0 Å². The van der Waals surface area contributed by atoms with E-state index in [4.69, 9.17) is 4.74 Å². The summed E-state index contributed by atoms with van der Waals surface area (Å²) in [6, 6.07) is 0. The van der Waals surface area contributed by atoms with Crippen molar-refractivity contribution in [2.75, 3.05) is 6.61 Å². The van der Waals surface area contributed by atoms with Gasteiger partial charge in [0.1, 0.15) is 6.61 Å². The molecule has 0 aliphatic rings. The molecule has 0 aromatic rings. The first-order valence-electron chi connectivity index (χ1n) is 7.51. The predicted octanol–water partition coefficient (Wildman–Crippen LogP) is 4.88. The summed E-state index contributed by atoms with van der Waals surface area (Å²) >= 11 is 0. The van der Waals surface area contributed by atoms with Gasteiger partial charge in [0.25, 0.3) is 0 Å². The lowest BCUT2D eigenvalue weighted by Crippen LogP contribution is -2.12. The Morgan fingerprint density at radius 2 is 1.67 bits per heavy atom. The van der Waals surface area contributed by atoms with E-state index in [9.17, 15) is 4.79 Å². The molecular formula is C16H30O2. The normalized spacial score (nSPS) is 10.6. The monoisotopic (exact) mass is 254 g/mol. The Morgan fingerprint density at radius 1 is 1.11 bits per heavy atom. The van der Waals surface area contributed by atoms with Crippen molar-refractivity contribution in [3.8, 4) is 0 Å². The molecule has 0 saturated heterocycles. The van der Waals surface area contributed by atoms with Gasteiger partial charge in [0.15, 0.2) is 0 Å². The van der Waals surface area contributed by atoms with Crippen LogP contribution in [0.2, 0.25) is 0 Å². The fourth-order valence-electron chi connectivity index (χ4n) is 2.16. The summed E-state index contributed by atoms with van der Waals surface area (Å²) in [6.07, 6.45) is 12.0. The molecule has 0 aliphatic heterocycles. The minimum atomic E-state index is -0.0621. The summed E-state index contributed by atoms with van der Waals surface area (Å²) in [5.74, 6) is 0.452. The molecule has 0 bridgehead atoms. The molecule has 0 saturated carbocycles. The van der Waals surface area contributed by atoms with Crippen molar-refractivity contribution in [3.63, 3.8) is 0 Å². The lowest BCUT2D eigenvalue weighted by atomic mass is 9.92. The SMILES string of the molecule is C=CCOC(=O)CC(CCCCC)CCCCC. The molecule has 2 heteroatoms. The maximum Gasteiger partial charge on any atom is 0.306 e. The van der Waals surface area contributed by atoms with E-state index < -0.39 is 0 Å². The molecule has 0 unspecified atom stereocenters. The van der Waals surface area contributed by atoms with Crippen LogP contribution in [0.15, 0.2) is 12.7 Å². The van der Waals surface area contributed by atoms with E-state index in [0.29, 0.717) is 18.9 Å². The lowest BCUT2D eigenvalue weighted by Gasteiger charge is -2.15. The van der Waals surface area contributed by atoms with Crippen LogP contribution in [0, 0.1) is 5.92 Å². The van der Waals surface area contributed by atoms with Crippen molar-refractivity contribution in [2.45, 2.75) is 71.6 Å². The minimum Gasteiger partial charge on any atom is -0.461 e. The second kappa shape index (κ2) is 12.7. The number of hydrogen-bond acceptors (Lipinski definition) is 2. The van der Waals surface area contributed by atoms with E-state index in [1.807, 2.05) is 0 Å². The molecule has 0 fully saturated rings. The maximum absolute atomic E-state index is 11.6. The van der Waals surface area contributed by atoms with Gasteiger partial charge in [0.2, 0.25) is 0 Å². The number of ether oxygens (including phenoxy) is 1. The molecular weight excluding hydrogens is 224 g/mol. The van der Waals surface area contributed by atoms with Gasteiger partial charge in [-0.1, -0.05) is 65.0 Å². The molecule has 0 atom stereocenters. The number of unbranched alkanes of at least 4 members (excludes halogenated alkanes) is 4. The van der Waals surface area contributed by atoms with Crippen LogP contribution in [0.4, 0.5) is 0 Å². The number of esters is 1. The third kappa shape index (κ3) is 10.4. The second-order valence-electron chi connectivity index (χ2n) is 5.03. The van der Waals surface area contributed by atoms with Gasteiger partial charge in [-0.15, -0.1) is 0 Å². The standard InChI is InChI=1S/C16H30O2/c1-4-7-9-11-15(12-10-8-5-2)14-16(17)18-13-6-3/h6,15H,3-5,7-14H2,1-2H3. The quantitative estimate of drug-likeness (QED) is 0.282. The van der Waals surface area contributed by atoms with E-state index in [0.717, 1.165) is 0 Å². The molecule has 0 spiro atoms. The zero-order chi connectivity index (χ0) is 13.6. The highest BCUT2D eigenvalue weighted by molar-refractivity contribution is 5.69. The van der Waals surface area contributed by atoms with Crippen LogP contribution in [0.1, 0.15) is 71.6 Å². The molecule has 0 amide bonds. The Labute approximate surface area is 113 Å². The highest BCUT2D eigenvalue weighted by Gasteiger charge is 2.14. The number of carbonyl (C=O) groups is 1. The Morgan fingerprint density at radius 3 is 2.11 bits per heavy atom. The summed E-state index contributed by atoms with van der Waals surface area (Å²) in [5, 5.41) is 0. The van der Waals surface area contributed by atoms with E-state index in [1.54, 1.807) is 6.08 Å². The van der Waals surface area contributed by atoms with Gasteiger partial charge in [-0.25, -0.2) is 0 Å². The number of rotatable bonds is 12. The summed E-state index contributed by atoms with van der Waals surface area (Å²) in [5.41, 5.74) is 0. The van der Waals surface area contributed by atoms with Crippen LogP contribution in [0.25, 0.3) is 0 Å². The van der Waals surface area contributed by atoms with E-state index >= 15 is 0 Å². The molecule has 18 heavy (non-hydrogen) atoms. The summed E-state index contributed by atoms with van der Waals surface area (Å²) in [7, 11) is 0. The molecule has 0 N–H and O–H groups in total. The first-order chi connectivity index (χ1) is 8.74. The molecule has 0 radical (unpaired) electrons. The average molecular weight is 254 g/mol. The smallest absolute Gasteiger partial charge is 0.306 e. The molecule has 0 rings (SSSR count). The fraction of sp³-hybridized carbons (Fsp3) is 0.812. The van der Waals surface area contributed by atoms with Gasteiger partial charge in [0, 0.05) is 6.42 Å². The van der Waals surface area contributed by atoms with Crippen molar-refractivity contribution in [3.05, 3.63) is 12.7 Å². The fourth-order valence-corrected chi connectivity index (χ4v) is 2.16. The number of carbonyl (C=O) groups excluding carboxylic acids is 1. The minimum absolute atomic E-state index is 0.0621. The van der Waals surface area contributed by atoms with Gasteiger partial charge in [0.05, 0.1) is 0 Å². The van der Waals surface area contributed by atoms with Crippen molar-refractivity contribution < 1.29 is 9.53 Å². The second-order valence-corrected chi connectivity index (χ2v) is 5.03.